The highest BCUT2D eigenvalue weighted by molar-refractivity contribution is 6.15. The Hall–Kier alpha value is -5.45. The Kier molecular flexibility index (Phi) is 5.60. The van der Waals surface area contributed by atoms with E-state index in [-0.39, 0.29) is 5.91 Å². The van der Waals surface area contributed by atoms with E-state index in [2.05, 4.69) is 30.4 Å². The molecule has 1 aliphatic rings. The van der Waals surface area contributed by atoms with Gasteiger partial charge in [0.2, 0.25) is 11.9 Å². The number of hydrogen-bond acceptors (Lipinski definition) is 7. The predicted octanol–water partition coefficient (Wildman–Crippen LogP) is 5.48. The van der Waals surface area contributed by atoms with Crippen molar-refractivity contribution in [3.63, 3.8) is 0 Å². The Morgan fingerprint density at radius 2 is 1.85 bits per heavy atom. The SMILES string of the molecule is Cc1cnc(Nc2cc(C)n(C)n2)nc1-c1c[nH]c2c(N3Cc4c(ccnc4-c4ccnc(F)c4)C3=O)cccc12. The van der Waals surface area contributed by atoms with E-state index in [1.54, 1.807) is 34.1 Å². The van der Waals surface area contributed by atoms with Crippen molar-refractivity contribution in [2.24, 2.45) is 7.05 Å². The average molecular weight is 546 g/mol. The summed E-state index contributed by atoms with van der Waals surface area (Å²) in [5.74, 6) is 0.362. The van der Waals surface area contributed by atoms with E-state index in [4.69, 9.17) is 4.98 Å². The van der Waals surface area contributed by atoms with Crippen molar-refractivity contribution in [2.45, 2.75) is 20.4 Å². The van der Waals surface area contributed by atoms with E-state index in [1.165, 1.54) is 12.3 Å². The van der Waals surface area contributed by atoms with Crippen LogP contribution >= 0.6 is 0 Å². The monoisotopic (exact) mass is 545 g/mol. The number of amides is 1. The molecule has 0 fully saturated rings. The summed E-state index contributed by atoms with van der Waals surface area (Å²) in [6, 6.07) is 12.5. The fourth-order valence-corrected chi connectivity index (χ4v) is 5.29. The van der Waals surface area contributed by atoms with Crippen molar-refractivity contribution in [1.29, 1.82) is 0 Å². The minimum absolute atomic E-state index is 0.141. The summed E-state index contributed by atoms with van der Waals surface area (Å²) < 4.78 is 15.7. The summed E-state index contributed by atoms with van der Waals surface area (Å²) in [5, 5.41) is 8.54. The van der Waals surface area contributed by atoms with Crippen LogP contribution in [-0.2, 0) is 13.6 Å². The van der Waals surface area contributed by atoms with E-state index >= 15 is 0 Å². The van der Waals surface area contributed by atoms with Crippen molar-refractivity contribution < 1.29 is 9.18 Å². The molecule has 11 heteroatoms. The van der Waals surface area contributed by atoms with Gasteiger partial charge in [0, 0.05) is 77.3 Å². The molecule has 0 saturated carbocycles. The van der Waals surface area contributed by atoms with Gasteiger partial charge in [0.25, 0.3) is 5.91 Å². The number of benzene rings is 1. The summed E-state index contributed by atoms with van der Waals surface area (Å²) >= 11 is 0. The molecule has 7 rings (SSSR count). The maximum absolute atomic E-state index is 13.9. The quantitative estimate of drug-likeness (QED) is 0.276. The third-order valence-electron chi connectivity index (χ3n) is 7.41. The lowest BCUT2D eigenvalue weighted by atomic mass is 10.0. The second-order valence-corrected chi connectivity index (χ2v) is 9.99. The van der Waals surface area contributed by atoms with Crippen LogP contribution in [0.15, 0.2) is 67.3 Å². The molecule has 1 aliphatic heterocycles. The van der Waals surface area contributed by atoms with Gasteiger partial charge in [0.05, 0.1) is 29.1 Å². The number of halogens is 1. The number of hydrogen-bond donors (Lipinski definition) is 2. The molecule has 0 saturated heterocycles. The summed E-state index contributed by atoms with van der Waals surface area (Å²) in [4.78, 5) is 36.1. The van der Waals surface area contributed by atoms with Gasteiger partial charge >= 0.3 is 0 Å². The highest BCUT2D eigenvalue weighted by atomic mass is 19.1. The second kappa shape index (κ2) is 9.33. The van der Waals surface area contributed by atoms with Crippen LogP contribution in [0, 0.1) is 19.8 Å². The van der Waals surface area contributed by atoms with E-state index in [0.29, 0.717) is 35.1 Å². The lowest BCUT2D eigenvalue weighted by Gasteiger charge is -2.17. The normalized spacial score (nSPS) is 12.8. The molecule has 2 N–H and O–H groups in total. The number of carbonyl (C=O) groups excluding carboxylic acids is 1. The first kappa shape index (κ1) is 24.6. The Bertz CT molecular complexity index is 1970. The molecular formula is C30H24FN9O. The maximum Gasteiger partial charge on any atom is 0.259 e. The van der Waals surface area contributed by atoms with Gasteiger partial charge in [0.1, 0.15) is 0 Å². The van der Waals surface area contributed by atoms with Crippen LogP contribution in [0.5, 0.6) is 0 Å². The first-order valence-corrected chi connectivity index (χ1v) is 13.0. The molecule has 0 radical (unpaired) electrons. The smallest absolute Gasteiger partial charge is 0.259 e. The molecule has 0 spiro atoms. The van der Waals surface area contributed by atoms with Crippen LogP contribution in [0.1, 0.15) is 27.2 Å². The molecule has 41 heavy (non-hydrogen) atoms. The summed E-state index contributed by atoms with van der Waals surface area (Å²) in [7, 11) is 1.88. The third kappa shape index (κ3) is 4.09. The van der Waals surface area contributed by atoms with Crippen molar-refractivity contribution in [3.8, 4) is 22.5 Å². The van der Waals surface area contributed by atoms with Crippen LogP contribution in [0.4, 0.5) is 21.8 Å². The molecule has 1 aromatic carbocycles. The Labute approximate surface area is 233 Å². The maximum atomic E-state index is 13.9. The van der Waals surface area contributed by atoms with Gasteiger partial charge in [-0.05, 0) is 37.6 Å². The van der Waals surface area contributed by atoms with Gasteiger partial charge in [-0.1, -0.05) is 12.1 Å². The Morgan fingerprint density at radius 3 is 2.66 bits per heavy atom. The van der Waals surface area contributed by atoms with E-state index in [1.807, 2.05) is 51.4 Å². The van der Waals surface area contributed by atoms with E-state index in [0.717, 1.165) is 44.7 Å². The van der Waals surface area contributed by atoms with Crippen LogP contribution in [0.3, 0.4) is 0 Å². The number of anilines is 3. The number of nitrogens with one attached hydrogen (secondary N) is 2. The number of nitrogens with zero attached hydrogens (tertiary/aromatic N) is 7. The number of aryl methyl sites for hydroxylation is 3. The van der Waals surface area contributed by atoms with Gasteiger partial charge in [-0.3, -0.25) is 14.5 Å². The molecule has 0 unspecified atom stereocenters. The zero-order valence-electron chi connectivity index (χ0n) is 22.5. The lowest BCUT2D eigenvalue weighted by Crippen LogP contribution is -2.23. The number of aromatic amines is 1. The van der Waals surface area contributed by atoms with Gasteiger partial charge in [-0.2, -0.15) is 9.49 Å². The van der Waals surface area contributed by atoms with Gasteiger partial charge in [-0.15, -0.1) is 0 Å². The minimum atomic E-state index is -0.597. The van der Waals surface area contributed by atoms with Gasteiger partial charge < -0.3 is 15.2 Å². The third-order valence-corrected chi connectivity index (χ3v) is 7.41. The number of fused-ring (bicyclic) bond motifs is 2. The number of aromatic nitrogens is 7. The zero-order chi connectivity index (χ0) is 28.2. The number of para-hydroxylation sites is 1. The second-order valence-electron chi connectivity index (χ2n) is 9.99. The Morgan fingerprint density at radius 1 is 1.00 bits per heavy atom. The number of rotatable bonds is 5. The van der Waals surface area contributed by atoms with E-state index < -0.39 is 5.95 Å². The Balaban J connectivity index is 1.26. The average Bonchev–Trinajstić information content (AvgIpc) is 3.64. The predicted molar refractivity (Wildman–Crippen MR) is 153 cm³/mol. The highest BCUT2D eigenvalue weighted by Crippen LogP contribution is 2.39. The number of carbonyl (C=O) groups is 1. The van der Waals surface area contributed by atoms with Crippen molar-refractivity contribution in [3.05, 3.63) is 95.6 Å². The van der Waals surface area contributed by atoms with Crippen molar-refractivity contribution in [2.75, 3.05) is 10.2 Å². The molecular weight excluding hydrogens is 521 g/mol. The molecule has 0 aliphatic carbocycles. The van der Waals surface area contributed by atoms with Gasteiger partial charge in [0.15, 0.2) is 5.82 Å². The number of pyridine rings is 2. The fraction of sp³-hybridized carbons (Fsp3) is 0.133. The van der Waals surface area contributed by atoms with Crippen LogP contribution in [-0.4, -0.2) is 40.6 Å². The van der Waals surface area contributed by atoms with Gasteiger partial charge in [-0.25, -0.2) is 15.0 Å². The fourth-order valence-electron chi connectivity index (χ4n) is 5.29. The molecule has 0 atom stereocenters. The van der Waals surface area contributed by atoms with Crippen LogP contribution in [0.2, 0.25) is 0 Å². The largest absolute Gasteiger partial charge is 0.359 e. The first-order chi connectivity index (χ1) is 19.9. The highest BCUT2D eigenvalue weighted by Gasteiger charge is 2.33. The molecule has 1 amide bonds. The minimum Gasteiger partial charge on any atom is -0.359 e. The number of H-pyrrole nitrogens is 1. The van der Waals surface area contributed by atoms with Crippen LogP contribution < -0.4 is 10.2 Å². The zero-order valence-corrected chi connectivity index (χ0v) is 22.5. The van der Waals surface area contributed by atoms with Crippen molar-refractivity contribution in [1.82, 2.24) is 34.7 Å². The van der Waals surface area contributed by atoms with Crippen LogP contribution in [0.25, 0.3) is 33.4 Å². The molecule has 202 valence electrons. The molecule has 10 nitrogen and oxygen atoms in total. The summed E-state index contributed by atoms with van der Waals surface area (Å²) in [5.41, 5.74) is 7.55. The van der Waals surface area contributed by atoms with E-state index in [9.17, 15) is 9.18 Å². The molecule has 0 bridgehead atoms. The lowest BCUT2D eigenvalue weighted by molar-refractivity contribution is 0.0997. The summed E-state index contributed by atoms with van der Waals surface area (Å²) in [6.45, 7) is 4.24. The molecule has 6 aromatic rings. The molecule has 6 heterocycles. The standard InChI is InChI=1S/C30H24FN9O/c1-16-13-35-30(36-25-11-17(2)39(3)38-25)37-26(16)21-14-34-28-19(21)5-4-6-23(28)40-15-22-20(29(40)41)8-10-33-27(22)18-7-9-32-24(31)12-18/h4-14,34H,15H2,1-3H3,(H,35,36,37,38). The first-order valence-electron chi connectivity index (χ1n) is 13.0. The summed E-state index contributed by atoms with van der Waals surface area (Å²) in [6.07, 6.45) is 6.66. The van der Waals surface area contributed by atoms with Crippen molar-refractivity contribution >= 4 is 34.3 Å². The topological polar surface area (TPSA) is 118 Å². The molecule has 5 aromatic heterocycles.